The number of aryl methyl sites for hydroxylation is 2. The minimum atomic E-state index is -0.126. The summed E-state index contributed by atoms with van der Waals surface area (Å²) in [5.41, 5.74) is 3.53. The molecule has 2 amide bonds. The van der Waals surface area contributed by atoms with Crippen molar-refractivity contribution in [3.63, 3.8) is 0 Å². The maximum Gasteiger partial charge on any atom is 0.314 e. The first kappa shape index (κ1) is 15.3. The Morgan fingerprint density at radius 3 is 2.58 bits per heavy atom. The molecule has 2 N–H and O–H groups in total. The van der Waals surface area contributed by atoms with Crippen LogP contribution < -0.4 is 15.4 Å². The normalized spacial score (nSPS) is 10.4. The standard InChI is InChI=1S/C15H24N2O2/c1-10(2)17-15(18)16-7-6-13-12(4)8-11(3)9-14(13)19-5/h8-10H,6-7H2,1-5H3,(H2,16,17,18). The van der Waals surface area contributed by atoms with Crippen molar-refractivity contribution in [1.29, 1.82) is 0 Å². The Kier molecular flexibility index (Phi) is 5.67. The molecule has 0 saturated carbocycles. The third kappa shape index (κ3) is 4.81. The lowest BCUT2D eigenvalue weighted by molar-refractivity contribution is 0.238. The Morgan fingerprint density at radius 2 is 2.00 bits per heavy atom. The molecule has 19 heavy (non-hydrogen) atoms. The van der Waals surface area contributed by atoms with Crippen molar-refractivity contribution in [2.24, 2.45) is 0 Å². The highest BCUT2D eigenvalue weighted by Gasteiger charge is 2.08. The number of ether oxygens (including phenoxy) is 1. The molecule has 1 rings (SSSR count). The van der Waals surface area contributed by atoms with E-state index in [9.17, 15) is 4.79 Å². The predicted octanol–water partition coefficient (Wildman–Crippen LogP) is 2.56. The van der Waals surface area contributed by atoms with Crippen LogP contribution in [0, 0.1) is 13.8 Å². The van der Waals surface area contributed by atoms with Crippen molar-refractivity contribution < 1.29 is 9.53 Å². The predicted molar refractivity (Wildman–Crippen MR) is 77.8 cm³/mol. The van der Waals surface area contributed by atoms with Gasteiger partial charge in [-0.05, 0) is 56.9 Å². The molecular formula is C15H24N2O2. The van der Waals surface area contributed by atoms with Gasteiger partial charge in [0.2, 0.25) is 0 Å². The van der Waals surface area contributed by atoms with Crippen molar-refractivity contribution >= 4 is 6.03 Å². The molecular weight excluding hydrogens is 240 g/mol. The van der Waals surface area contributed by atoms with Gasteiger partial charge in [-0.2, -0.15) is 0 Å². The average molecular weight is 264 g/mol. The molecule has 0 aliphatic rings. The number of urea groups is 1. The second-order valence-corrected chi connectivity index (χ2v) is 5.07. The van der Waals surface area contributed by atoms with Crippen molar-refractivity contribution in [2.75, 3.05) is 13.7 Å². The van der Waals surface area contributed by atoms with E-state index in [2.05, 4.69) is 23.6 Å². The summed E-state index contributed by atoms with van der Waals surface area (Å²) in [7, 11) is 1.68. The fourth-order valence-electron chi connectivity index (χ4n) is 2.08. The number of nitrogens with one attached hydrogen (secondary N) is 2. The molecule has 0 radical (unpaired) electrons. The highest BCUT2D eigenvalue weighted by atomic mass is 16.5. The van der Waals surface area contributed by atoms with Crippen molar-refractivity contribution in [2.45, 2.75) is 40.2 Å². The number of carbonyl (C=O) groups excluding carboxylic acids is 1. The summed E-state index contributed by atoms with van der Waals surface area (Å²) in [5, 5.41) is 5.65. The molecule has 1 aromatic rings. The minimum Gasteiger partial charge on any atom is -0.496 e. The Hall–Kier alpha value is -1.71. The zero-order valence-electron chi connectivity index (χ0n) is 12.5. The van der Waals surface area contributed by atoms with E-state index >= 15 is 0 Å². The minimum absolute atomic E-state index is 0.126. The molecule has 4 nitrogen and oxygen atoms in total. The van der Waals surface area contributed by atoms with Crippen LogP contribution in [-0.2, 0) is 6.42 Å². The molecule has 0 bridgehead atoms. The number of carbonyl (C=O) groups is 1. The Balaban J connectivity index is 2.60. The summed E-state index contributed by atoms with van der Waals surface area (Å²) < 4.78 is 5.40. The van der Waals surface area contributed by atoms with Crippen LogP contribution in [0.25, 0.3) is 0 Å². The highest BCUT2D eigenvalue weighted by molar-refractivity contribution is 5.74. The van der Waals surface area contributed by atoms with Gasteiger partial charge < -0.3 is 15.4 Å². The van der Waals surface area contributed by atoms with E-state index in [1.165, 1.54) is 11.1 Å². The van der Waals surface area contributed by atoms with Crippen LogP contribution in [0.3, 0.4) is 0 Å². The van der Waals surface area contributed by atoms with Crippen LogP contribution in [0.5, 0.6) is 5.75 Å². The van der Waals surface area contributed by atoms with Crippen LogP contribution in [0.1, 0.15) is 30.5 Å². The average Bonchev–Trinajstić information content (AvgIpc) is 2.30. The largest absolute Gasteiger partial charge is 0.496 e. The van der Waals surface area contributed by atoms with E-state index in [0.717, 1.165) is 17.7 Å². The van der Waals surface area contributed by atoms with Gasteiger partial charge >= 0.3 is 6.03 Å². The van der Waals surface area contributed by atoms with E-state index in [0.29, 0.717) is 6.54 Å². The first-order valence-corrected chi connectivity index (χ1v) is 6.62. The van der Waals surface area contributed by atoms with Crippen molar-refractivity contribution in [3.8, 4) is 5.75 Å². The van der Waals surface area contributed by atoms with Crippen molar-refractivity contribution in [1.82, 2.24) is 10.6 Å². The molecule has 0 heterocycles. The lowest BCUT2D eigenvalue weighted by Gasteiger charge is -2.14. The fourth-order valence-corrected chi connectivity index (χ4v) is 2.08. The van der Waals surface area contributed by atoms with E-state index < -0.39 is 0 Å². The maximum atomic E-state index is 11.5. The van der Waals surface area contributed by atoms with E-state index in [-0.39, 0.29) is 12.1 Å². The summed E-state index contributed by atoms with van der Waals surface area (Å²) in [6.45, 7) is 8.59. The Labute approximate surface area is 115 Å². The number of hydrogen-bond acceptors (Lipinski definition) is 2. The Morgan fingerprint density at radius 1 is 1.32 bits per heavy atom. The molecule has 0 fully saturated rings. The van der Waals surface area contributed by atoms with Crippen LogP contribution in [0.15, 0.2) is 12.1 Å². The number of amides is 2. The Bertz CT molecular complexity index is 442. The molecule has 0 aromatic heterocycles. The van der Waals surface area contributed by atoms with Crippen LogP contribution in [0.4, 0.5) is 4.79 Å². The molecule has 1 aromatic carbocycles. The lowest BCUT2D eigenvalue weighted by atomic mass is 10.0. The van der Waals surface area contributed by atoms with E-state index in [1.54, 1.807) is 7.11 Å². The van der Waals surface area contributed by atoms with Crippen molar-refractivity contribution in [3.05, 3.63) is 28.8 Å². The fraction of sp³-hybridized carbons (Fsp3) is 0.533. The molecule has 106 valence electrons. The number of rotatable bonds is 5. The van der Waals surface area contributed by atoms with Gasteiger partial charge in [0.05, 0.1) is 7.11 Å². The second kappa shape index (κ2) is 7.02. The smallest absolute Gasteiger partial charge is 0.314 e. The van der Waals surface area contributed by atoms with Gasteiger partial charge in [0.15, 0.2) is 0 Å². The monoisotopic (exact) mass is 264 g/mol. The summed E-state index contributed by atoms with van der Waals surface area (Å²) in [4.78, 5) is 11.5. The molecule has 0 atom stereocenters. The SMILES string of the molecule is COc1cc(C)cc(C)c1CCNC(=O)NC(C)C. The summed E-state index contributed by atoms with van der Waals surface area (Å²) in [6, 6.07) is 4.18. The van der Waals surface area contributed by atoms with Gasteiger partial charge in [0.1, 0.15) is 5.75 Å². The van der Waals surface area contributed by atoms with Crippen LogP contribution in [-0.4, -0.2) is 25.7 Å². The third-order valence-corrected chi connectivity index (χ3v) is 2.88. The van der Waals surface area contributed by atoms with E-state index in [1.807, 2.05) is 26.8 Å². The van der Waals surface area contributed by atoms with Crippen LogP contribution in [0.2, 0.25) is 0 Å². The zero-order chi connectivity index (χ0) is 14.4. The molecule has 0 aliphatic carbocycles. The van der Waals surface area contributed by atoms with Crippen LogP contribution >= 0.6 is 0 Å². The van der Waals surface area contributed by atoms with Gasteiger partial charge in [-0.15, -0.1) is 0 Å². The van der Waals surface area contributed by atoms with Gasteiger partial charge in [0.25, 0.3) is 0 Å². The number of benzene rings is 1. The molecule has 0 aliphatic heterocycles. The quantitative estimate of drug-likeness (QED) is 0.858. The maximum absolute atomic E-state index is 11.5. The van der Waals surface area contributed by atoms with E-state index in [4.69, 9.17) is 4.74 Å². The van der Waals surface area contributed by atoms with Gasteiger partial charge in [-0.25, -0.2) is 4.79 Å². The molecule has 0 unspecified atom stereocenters. The number of methoxy groups -OCH3 is 1. The molecule has 4 heteroatoms. The highest BCUT2D eigenvalue weighted by Crippen LogP contribution is 2.24. The summed E-state index contributed by atoms with van der Waals surface area (Å²) in [5.74, 6) is 0.892. The summed E-state index contributed by atoms with van der Waals surface area (Å²) >= 11 is 0. The van der Waals surface area contributed by atoms with Gasteiger partial charge in [-0.3, -0.25) is 0 Å². The molecule has 0 spiro atoms. The molecule has 0 saturated heterocycles. The van der Waals surface area contributed by atoms with Gasteiger partial charge in [-0.1, -0.05) is 6.07 Å². The lowest BCUT2D eigenvalue weighted by Crippen LogP contribution is -2.40. The third-order valence-electron chi connectivity index (χ3n) is 2.88. The topological polar surface area (TPSA) is 50.4 Å². The number of hydrogen-bond donors (Lipinski definition) is 2. The summed E-state index contributed by atoms with van der Waals surface area (Å²) in [6.07, 6.45) is 0.765. The van der Waals surface area contributed by atoms with Gasteiger partial charge in [0, 0.05) is 12.6 Å². The second-order valence-electron chi connectivity index (χ2n) is 5.07. The first-order valence-electron chi connectivity index (χ1n) is 6.62. The first-order chi connectivity index (χ1) is 8.93. The zero-order valence-corrected chi connectivity index (χ0v) is 12.5.